The van der Waals surface area contributed by atoms with E-state index in [0.29, 0.717) is 23.5 Å². The van der Waals surface area contributed by atoms with Crippen molar-refractivity contribution in [3.63, 3.8) is 0 Å². The number of amides is 3. The van der Waals surface area contributed by atoms with Gasteiger partial charge in [0.15, 0.2) is 6.10 Å². The smallest absolute Gasteiger partial charge is 0.325 e. The van der Waals surface area contributed by atoms with Crippen LogP contribution in [0.3, 0.4) is 0 Å². The van der Waals surface area contributed by atoms with Crippen molar-refractivity contribution >= 4 is 29.8 Å². The first-order valence-corrected chi connectivity index (χ1v) is 16.0. The Kier molecular flexibility index (Phi) is 15.7. The third-order valence-corrected chi connectivity index (χ3v) is 7.88. The molecule has 3 amide bonds. The van der Waals surface area contributed by atoms with Gasteiger partial charge in [-0.2, -0.15) is 0 Å². The molecule has 12 nitrogen and oxygen atoms in total. The molecule has 3 rings (SSSR count). The molecular formula is C35H47N3O9. The Morgan fingerprint density at radius 3 is 2.38 bits per heavy atom. The van der Waals surface area contributed by atoms with Crippen LogP contribution in [0.25, 0.3) is 6.08 Å². The van der Waals surface area contributed by atoms with Crippen molar-refractivity contribution < 1.29 is 43.2 Å². The molecule has 1 saturated carbocycles. The van der Waals surface area contributed by atoms with Gasteiger partial charge in [0.05, 0.1) is 40.1 Å². The lowest BCUT2D eigenvalue weighted by Gasteiger charge is -2.29. The van der Waals surface area contributed by atoms with Crippen LogP contribution >= 0.6 is 0 Å². The number of methoxy groups -OCH3 is 2. The average molecular weight is 654 g/mol. The van der Waals surface area contributed by atoms with E-state index < -0.39 is 48.4 Å². The second-order valence-corrected chi connectivity index (χ2v) is 11.3. The van der Waals surface area contributed by atoms with E-state index in [9.17, 15) is 24.3 Å². The molecule has 256 valence electrons. The molecule has 1 fully saturated rings. The van der Waals surface area contributed by atoms with Crippen LogP contribution in [-0.4, -0.2) is 81.0 Å². The normalized spacial score (nSPS) is 15.2. The highest BCUT2D eigenvalue weighted by Crippen LogP contribution is 2.28. The molecule has 0 bridgehead atoms. The van der Waals surface area contributed by atoms with Gasteiger partial charge in [-0.1, -0.05) is 62.4 Å². The quantitative estimate of drug-likeness (QED) is 0.140. The minimum Gasteiger partial charge on any atom is -0.497 e. The monoisotopic (exact) mass is 653 g/mol. The maximum atomic E-state index is 13.8. The molecule has 0 saturated heterocycles. The Bertz CT molecular complexity index is 1330. The van der Waals surface area contributed by atoms with Gasteiger partial charge in [0.2, 0.25) is 11.8 Å². The zero-order chi connectivity index (χ0) is 34.0. The Labute approximate surface area is 276 Å². The van der Waals surface area contributed by atoms with Gasteiger partial charge < -0.3 is 40.0 Å². The molecule has 0 spiro atoms. The average Bonchev–Trinajstić information content (AvgIpc) is 3.09. The number of carbonyl (C=O) groups excluding carboxylic acids is 4. The summed E-state index contributed by atoms with van der Waals surface area (Å²) in [4.78, 5) is 51.5. The molecule has 1 aliphatic carbocycles. The molecule has 0 radical (unpaired) electrons. The molecule has 12 heteroatoms. The van der Waals surface area contributed by atoms with Crippen LogP contribution in [-0.2, 0) is 35.3 Å². The predicted molar refractivity (Wildman–Crippen MR) is 175 cm³/mol. The van der Waals surface area contributed by atoms with Crippen molar-refractivity contribution in [3.05, 3.63) is 65.7 Å². The van der Waals surface area contributed by atoms with Crippen molar-refractivity contribution in [2.24, 2.45) is 5.92 Å². The van der Waals surface area contributed by atoms with E-state index >= 15 is 0 Å². The Morgan fingerprint density at radius 2 is 1.70 bits per heavy atom. The number of esters is 1. The Hall–Kier alpha value is -4.42. The Balaban J connectivity index is 1.76. The number of aliphatic hydroxyl groups excluding tert-OH is 1. The van der Waals surface area contributed by atoms with Crippen LogP contribution in [0.1, 0.15) is 56.6 Å². The summed E-state index contributed by atoms with van der Waals surface area (Å²) in [5, 5.41) is 18.9. The molecular weight excluding hydrogens is 606 g/mol. The highest BCUT2D eigenvalue weighted by Gasteiger charge is 2.32. The summed E-state index contributed by atoms with van der Waals surface area (Å²) in [6.45, 7) is 1.29. The van der Waals surface area contributed by atoms with Crippen molar-refractivity contribution in [2.75, 3.05) is 34.0 Å². The standard InChI is InChI=1S/C35H47N3O9/c1-4-47-32(40)21-36-35(43)33(41)29(23-46-22-25-13-9-6-10-14-25)38-34(42)28(19-24-11-7-5-8-12-24)37-31(39)18-15-26-20-27(44-2)16-17-30(26)45-3/h6,9-10,13-18,20,24,28-29,33,41H,4-5,7-8,11-12,19,21-23H2,1-3H3,(H,36,43)(H,37,39)(H,38,42)/b18-15+/t28-,29-,33?/m0/s1. The predicted octanol–water partition coefficient (Wildman–Crippen LogP) is 2.91. The van der Waals surface area contributed by atoms with Gasteiger partial charge in [-0.15, -0.1) is 0 Å². The number of aliphatic hydroxyl groups is 1. The van der Waals surface area contributed by atoms with Gasteiger partial charge in [-0.25, -0.2) is 0 Å². The second kappa shape index (κ2) is 20.0. The number of rotatable bonds is 18. The Morgan fingerprint density at radius 1 is 0.957 bits per heavy atom. The number of nitrogens with one attached hydrogen (secondary N) is 3. The van der Waals surface area contributed by atoms with Gasteiger partial charge >= 0.3 is 5.97 Å². The van der Waals surface area contributed by atoms with E-state index in [0.717, 1.165) is 37.7 Å². The van der Waals surface area contributed by atoms with E-state index in [1.807, 2.05) is 30.3 Å². The van der Waals surface area contributed by atoms with Gasteiger partial charge in [0.25, 0.3) is 5.91 Å². The van der Waals surface area contributed by atoms with E-state index in [1.54, 1.807) is 31.2 Å². The van der Waals surface area contributed by atoms with Gasteiger partial charge in [0, 0.05) is 11.6 Å². The van der Waals surface area contributed by atoms with Crippen LogP contribution in [0.5, 0.6) is 11.5 Å². The summed E-state index contributed by atoms with van der Waals surface area (Å²) in [5.74, 6) is -1.27. The van der Waals surface area contributed by atoms with Crippen LogP contribution < -0.4 is 25.4 Å². The molecule has 3 atom stereocenters. The van der Waals surface area contributed by atoms with Crippen LogP contribution in [0.4, 0.5) is 0 Å². The summed E-state index contributed by atoms with van der Waals surface area (Å²) in [5.41, 5.74) is 1.48. The highest BCUT2D eigenvalue weighted by molar-refractivity contribution is 5.96. The molecule has 0 aliphatic heterocycles. The lowest BCUT2D eigenvalue weighted by molar-refractivity contribution is -0.145. The summed E-state index contributed by atoms with van der Waals surface area (Å²) in [6.07, 6.45) is 6.58. The first-order valence-electron chi connectivity index (χ1n) is 16.0. The molecule has 0 heterocycles. The van der Waals surface area contributed by atoms with Gasteiger partial charge in [-0.05, 0) is 49.1 Å². The van der Waals surface area contributed by atoms with Crippen molar-refractivity contribution in [3.8, 4) is 11.5 Å². The van der Waals surface area contributed by atoms with E-state index in [2.05, 4.69) is 16.0 Å². The molecule has 4 N–H and O–H groups in total. The van der Waals surface area contributed by atoms with Crippen molar-refractivity contribution in [1.82, 2.24) is 16.0 Å². The van der Waals surface area contributed by atoms with Gasteiger partial charge in [-0.3, -0.25) is 19.2 Å². The largest absolute Gasteiger partial charge is 0.497 e. The maximum absolute atomic E-state index is 13.8. The van der Waals surface area contributed by atoms with Crippen molar-refractivity contribution in [1.29, 1.82) is 0 Å². The van der Waals surface area contributed by atoms with E-state index in [-0.39, 0.29) is 25.7 Å². The molecule has 1 unspecified atom stereocenters. The first-order chi connectivity index (χ1) is 22.7. The van der Waals surface area contributed by atoms with Crippen LogP contribution in [0, 0.1) is 5.92 Å². The fraction of sp³-hybridized carbons (Fsp3) is 0.486. The highest BCUT2D eigenvalue weighted by atomic mass is 16.5. The van der Waals surface area contributed by atoms with Gasteiger partial charge in [0.1, 0.15) is 24.1 Å². The molecule has 0 aromatic heterocycles. The van der Waals surface area contributed by atoms with E-state index in [4.69, 9.17) is 18.9 Å². The lowest BCUT2D eigenvalue weighted by Crippen LogP contribution is -2.57. The number of carbonyl (C=O) groups is 4. The third kappa shape index (κ3) is 12.7. The number of hydrogen-bond acceptors (Lipinski definition) is 9. The van der Waals surface area contributed by atoms with E-state index in [1.165, 1.54) is 20.3 Å². The molecule has 2 aromatic carbocycles. The lowest BCUT2D eigenvalue weighted by atomic mass is 9.84. The molecule has 1 aliphatic rings. The number of benzene rings is 2. The maximum Gasteiger partial charge on any atom is 0.325 e. The molecule has 2 aromatic rings. The number of ether oxygens (including phenoxy) is 4. The summed E-state index contributed by atoms with van der Waals surface area (Å²) < 4.78 is 21.3. The molecule has 47 heavy (non-hydrogen) atoms. The fourth-order valence-corrected chi connectivity index (χ4v) is 5.37. The topological polar surface area (TPSA) is 162 Å². The fourth-order valence-electron chi connectivity index (χ4n) is 5.37. The third-order valence-electron chi connectivity index (χ3n) is 7.88. The minimum atomic E-state index is -1.75. The zero-order valence-electron chi connectivity index (χ0n) is 27.4. The SMILES string of the molecule is CCOC(=O)CNC(=O)C(O)[C@H](COCc1ccccc1)NC(=O)[C@H](CC1CCCCC1)NC(=O)/C=C/c1cc(OC)ccc1OC. The zero-order valence-corrected chi connectivity index (χ0v) is 27.4. The van der Waals surface area contributed by atoms with Crippen LogP contribution in [0.15, 0.2) is 54.6 Å². The summed E-state index contributed by atoms with van der Waals surface area (Å²) in [6, 6.07) is 12.4. The second-order valence-electron chi connectivity index (χ2n) is 11.3. The number of hydrogen-bond donors (Lipinski definition) is 4. The minimum absolute atomic E-state index is 0.139. The summed E-state index contributed by atoms with van der Waals surface area (Å²) >= 11 is 0. The first kappa shape index (κ1) is 37.0. The summed E-state index contributed by atoms with van der Waals surface area (Å²) in [7, 11) is 3.06. The van der Waals surface area contributed by atoms with Crippen molar-refractivity contribution in [2.45, 2.75) is 70.2 Å². The van der Waals surface area contributed by atoms with Crippen LogP contribution in [0.2, 0.25) is 0 Å².